The van der Waals surface area contributed by atoms with E-state index in [1.165, 1.54) is 66.4 Å². The number of fused-ring (bicyclic) bond motifs is 4. The summed E-state index contributed by atoms with van der Waals surface area (Å²) in [6.07, 6.45) is 0. The molecule has 1 nitrogen and oxygen atoms in total. The second kappa shape index (κ2) is 13.2. The van der Waals surface area contributed by atoms with Crippen LogP contribution in [0.5, 0.6) is 0 Å². The third-order valence-corrected chi connectivity index (χ3v) is 11.1. The van der Waals surface area contributed by atoms with E-state index >= 15 is 0 Å². The molecule has 1 aliphatic carbocycles. The highest BCUT2D eigenvalue weighted by atomic mass is 15.1. The average Bonchev–Trinajstić information content (AvgIpc) is 3.55. The molecule has 0 unspecified atom stereocenters. The summed E-state index contributed by atoms with van der Waals surface area (Å²) < 4.78 is 0. The van der Waals surface area contributed by atoms with Gasteiger partial charge in [0.2, 0.25) is 0 Å². The molecule has 1 heteroatoms. The molecule has 0 bridgehead atoms. The topological polar surface area (TPSA) is 3.24 Å². The van der Waals surface area contributed by atoms with Crippen LogP contribution < -0.4 is 4.90 Å². The molecule has 9 aromatic rings. The van der Waals surface area contributed by atoms with Crippen LogP contribution >= 0.6 is 0 Å². The number of anilines is 3. The molecule has 54 heavy (non-hydrogen) atoms. The average molecular weight is 688 g/mol. The van der Waals surface area contributed by atoms with E-state index in [4.69, 9.17) is 0 Å². The van der Waals surface area contributed by atoms with Crippen molar-refractivity contribution in [3.05, 3.63) is 247 Å². The number of para-hydroxylation sites is 1. The van der Waals surface area contributed by atoms with Gasteiger partial charge in [-0.15, -0.1) is 0 Å². The Balaban J connectivity index is 1.20. The summed E-state index contributed by atoms with van der Waals surface area (Å²) in [4.78, 5) is 2.39. The molecular formula is C53H37N. The minimum atomic E-state index is -0.546. The number of hydrogen-bond acceptors (Lipinski definition) is 1. The second-order valence-electron chi connectivity index (χ2n) is 14.1. The van der Waals surface area contributed by atoms with Gasteiger partial charge in [-0.25, -0.2) is 0 Å². The molecule has 0 N–H and O–H groups in total. The normalized spacial score (nSPS) is 12.6. The number of rotatable bonds is 7. The molecule has 254 valence electrons. The molecule has 0 saturated carbocycles. The van der Waals surface area contributed by atoms with Gasteiger partial charge < -0.3 is 4.90 Å². The third kappa shape index (κ3) is 5.25. The van der Waals surface area contributed by atoms with Gasteiger partial charge in [-0.05, 0) is 115 Å². The highest BCUT2D eigenvalue weighted by Crippen LogP contribution is 2.58. The Morgan fingerprint density at radius 2 is 0.722 bits per heavy atom. The maximum atomic E-state index is 2.45. The SMILES string of the molecule is c1ccc(-c2ccc(N(c3ccccc3)c3ccc4c(c3)C(c3ccccc3)(c3ccccc3)c3cc(-c5ccc6ccccc6c5)ccc3-4)cc2)cc1. The standard InChI is InChI=1S/C53H37N/c1-5-15-38(16-6-1)40-27-30-47(31-28-40)54(46-23-11-4-12-24-46)48-32-34-50-49-33-29-43(42-26-25-39-17-13-14-18-41(39)35-42)36-51(49)53(52(50)37-48,44-19-7-2-8-20-44)45-21-9-3-10-22-45/h1-37H. The number of hydrogen-bond donors (Lipinski definition) is 0. The largest absolute Gasteiger partial charge is 0.310 e. The lowest BCUT2D eigenvalue weighted by Crippen LogP contribution is -2.28. The van der Waals surface area contributed by atoms with Crippen molar-refractivity contribution in [2.24, 2.45) is 0 Å². The molecule has 0 fully saturated rings. The minimum absolute atomic E-state index is 0.546. The van der Waals surface area contributed by atoms with E-state index in [-0.39, 0.29) is 0 Å². The summed E-state index contributed by atoms with van der Waals surface area (Å²) in [6, 6.07) is 82.1. The van der Waals surface area contributed by atoms with E-state index in [1.807, 2.05) is 0 Å². The summed E-state index contributed by atoms with van der Waals surface area (Å²) >= 11 is 0. The van der Waals surface area contributed by atoms with Crippen LogP contribution in [0, 0.1) is 0 Å². The Morgan fingerprint density at radius 1 is 0.278 bits per heavy atom. The van der Waals surface area contributed by atoms with E-state index in [0.717, 1.165) is 17.1 Å². The molecule has 0 heterocycles. The molecule has 0 amide bonds. The molecule has 9 aromatic carbocycles. The van der Waals surface area contributed by atoms with E-state index < -0.39 is 5.41 Å². The first-order valence-corrected chi connectivity index (χ1v) is 18.7. The summed E-state index contributed by atoms with van der Waals surface area (Å²) in [5.41, 5.74) is 15.3. The van der Waals surface area contributed by atoms with Crippen LogP contribution in [0.15, 0.2) is 224 Å². The van der Waals surface area contributed by atoms with Gasteiger partial charge in [0.25, 0.3) is 0 Å². The van der Waals surface area contributed by atoms with Crippen molar-refractivity contribution in [1.29, 1.82) is 0 Å². The first-order chi connectivity index (χ1) is 26.8. The molecule has 10 rings (SSSR count). The van der Waals surface area contributed by atoms with Crippen LogP contribution in [0.4, 0.5) is 17.1 Å². The van der Waals surface area contributed by atoms with Gasteiger partial charge in [-0.3, -0.25) is 0 Å². The Hall–Kier alpha value is -6.96. The van der Waals surface area contributed by atoms with E-state index in [9.17, 15) is 0 Å². The zero-order valence-corrected chi connectivity index (χ0v) is 29.8. The first-order valence-electron chi connectivity index (χ1n) is 18.7. The van der Waals surface area contributed by atoms with Crippen molar-refractivity contribution in [2.75, 3.05) is 4.90 Å². The second-order valence-corrected chi connectivity index (χ2v) is 14.1. The van der Waals surface area contributed by atoms with Gasteiger partial charge in [0.15, 0.2) is 0 Å². The van der Waals surface area contributed by atoms with Crippen molar-refractivity contribution in [2.45, 2.75) is 5.41 Å². The molecule has 0 aromatic heterocycles. The predicted octanol–water partition coefficient (Wildman–Crippen LogP) is 14.0. The molecular weight excluding hydrogens is 651 g/mol. The molecule has 1 aliphatic rings. The number of benzene rings is 9. The fourth-order valence-electron chi connectivity index (χ4n) is 8.62. The highest BCUT2D eigenvalue weighted by Gasteiger charge is 2.46. The molecule has 0 saturated heterocycles. The van der Waals surface area contributed by atoms with Crippen LogP contribution in [-0.4, -0.2) is 0 Å². The van der Waals surface area contributed by atoms with Crippen LogP contribution in [0.25, 0.3) is 44.2 Å². The van der Waals surface area contributed by atoms with E-state index in [2.05, 4.69) is 229 Å². The van der Waals surface area contributed by atoms with Crippen molar-refractivity contribution in [1.82, 2.24) is 0 Å². The van der Waals surface area contributed by atoms with Gasteiger partial charge in [0.05, 0.1) is 5.41 Å². The lowest BCUT2D eigenvalue weighted by atomic mass is 9.67. The van der Waals surface area contributed by atoms with Gasteiger partial charge >= 0.3 is 0 Å². The van der Waals surface area contributed by atoms with Gasteiger partial charge in [0, 0.05) is 17.1 Å². The maximum absolute atomic E-state index is 2.45. The zero-order chi connectivity index (χ0) is 35.9. The monoisotopic (exact) mass is 687 g/mol. The molecule has 0 spiro atoms. The van der Waals surface area contributed by atoms with E-state index in [1.54, 1.807) is 0 Å². The maximum Gasteiger partial charge on any atom is 0.0714 e. The van der Waals surface area contributed by atoms with Crippen LogP contribution in [0.3, 0.4) is 0 Å². The van der Waals surface area contributed by atoms with Crippen LogP contribution in [0.2, 0.25) is 0 Å². The quantitative estimate of drug-likeness (QED) is 0.161. The van der Waals surface area contributed by atoms with Crippen molar-refractivity contribution in [3.8, 4) is 33.4 Å². The number of nitrogens with zero attached hydrogens (tertiary/aromatic N) is 1. The summed E-state index contributed by atoms with van der Waals surface area (Å²) in [5, 5.41) is 2.50. The fourth-order valence-corrected chi connectivity index (χ4v) is 8.62. The summed E-state index contributed by atoms with van der Waals surface area (Å²) in [6.45, 7) is 0. The van der Waals surface area contributed by atoms with Crippen LogP contribution in [-0.2, 0) is 5.41 Å². The Kier molecular flexibility index (Phi) is 7.78. The lowest BCUT2D eigenvalue weighted by Gasteiger charge is -2.35. The Bertz CT molecular complexity index is 2700. The summed E-state index contributed by atoms with van der Waals surface area (Å²) in [7, 11) is 0. The fraction of sp³-hybridized carbons (Fsp3) is 0.0189. The minimum Gasteiger partial charge on any atom is -0.310 e. The van der Waals surface area contributed by atoms with Gasteiger partial charge in [-0.1, -0.05) is 176 Å². The predicted molar refractivity (Wildman–Crippen MR) is 227 cm³/mol. The molecule has 0 radical (unpaired) electrons. The Morgan fingerprint density at radius 3 is 1.39 bits per heavy atom. The van der Waals surface area contributed by atoms with E-state index in [0.29, 0.717) is 0 Å². The van der Waals surface area contributed by atoms with Crippen LogP contribution in [0.1, 0.15) is 22.3 Å². The van der Waals surface area contributed by atoms with Gasteiger partial charge in [0.1, 0.15) is 0 Å². The first kappa shape index (κ1) is 31.7. The smallest absolute Gasteiger partial charge is 0.0714 e. The third-order valence-electron chi connectivity index (χ3n) is 11.1. The summed E-state index contributed by atoms with van der Waals surface area (Å²) in [5.74, 6) is 0. The van der Waals surface area contributed by atoms with Crippen molar-refractivity contribution in [3.63, 3.8) is 0 Å². The Labute approximate surface area is 317 Å². The molecule has 0 aliphatic heterocycles. The highest BCUT2D eigenvalue weighted by molar-refractivity contribution is 5.93. The lowest BCUT2D eigenvalue weighted by molar-refractivity contribution is 0.768. The zero-order valence-electron chi connectivity index (χ0n) is 29.8. The van der Waals surface area contributed by atoms with Gasteiger partial charge in [-0.2, -0.15) is 0 Å². The van der Waals surface area contributed by atoms with Crippen molar-refractivity contribution >= 4 is 27.8 Å². The molecule has 0 atom stereocenters. The van der Waals surface area contributed by atoms with Crippen molar-refractivity contribution < 1.29 is 0 Å².